The monoisotopic (exact) mass is 196 g/mol. The van der Waals surface area contributed by atoms with Crippen molar-refractivity contribution < 1.29 is 0 Å². The maximum Gasteiger partial charge on any atom is 0.00708 e. The van der Waals surface area contributed by atoms with E-state index in [-0.39, 0.29) is 0 Å². The molecule has 82 valence electrons. The first kappa shape index (κ1) is 10.4. The summed E-state index contributed by atoms with van der Waals surface area (Å²) in [5, 5.41) is 3.74. The fourth-order valence-electron chi connectivity index (χ4n) is 2.53. The molecular weight excluding hydrogens is 172 g/mol. The van der Waals surface area contributed by atoms with Crippen LogP contribution in [0.1, 0.15) is 39.5 Å². The predicted octanol–water partition coefficient (Wildman–Crippen LogP) is 1.86. The van der Waals surface area contributed by atoms with Crippen molar-refractivity contribution in [1.82, 2.24) is 10.2 Å². The van der Waals surface area contributed by atoms with Gasteiger partial charge in [0.15, 0.2) is 0 Å². The molecule has 1 unspecified atom stereocenters. The molecule has 1 atom stereocenters. The van der Waals surface area contributed by atoms with Crippen LogP contribution in [0.2, 0.25) is 0 Å². The summed E-state index contributed by atoms with van der Waals surface area (Å²) >= 11 is 0. The molecule has 0 aromatic heterocycles. The maximum absolute atomic E-state index is 3.74. The maximum atomic E-state index is 3.74. The molecule has 1 N–H and O–H groups in total. The quantitative estimate of drug-likeness (QED) is 0.738. The molecule has 2 aliphatic rings. The Labute approximate surface area is 88.1 Å². The van der Waals surface area contributed by atoms with Crippen LogP contribution < -0.4 is 5.32 Å². The third-order valence-corrected chi connectivity index (χ3v) is 3.86. The lowest BCUT2D eigenvalue weighted by Gasteiger charge is -2.34. The Morgan fingerprint density at radius 3 is 2.36 bits per heavy atom. The lowest BCUT2D eigenvalue weighted by Crippen LogP contribution is -2.42. The molecule has 2 rings (SSSR count). The molecule has 2 nitrogen and oxygen atoms in total. The summed E-state index contributed by atoms with van der Waals surface area (Å²) in [5.41, 5.74) is 0. The van der Waals surface area contributed by atoms with E-state index in [4.69, 9.17) is 0 Å². The van der Waals surface area contributed by atoms with Crippen LogP contribution in [0.4, 0.5) is 0 Å². The molecule has 1 aliphatic heterocycles. The minimum atomic E-state index is 0.751. The van der Waals surface area contributed by atoms with E-state index < -0.39 is 0 Å². The van der Waals surface area contributed by atoms with Gasteiger partial charge >= 0.3 is 0 Å². The summed E-state index contributed by atoms with van der Waals surface area (Å²) in [6.45, 7) is 8.52. The highest BCUT2D eigenvalue weighted by Crippen LogP contribution is 2.25. The van der Waals surface area contributed by atoms with Crippen molar-refractivity contribution in [2.75, 3.05) is 19.6 Å². The molecule has 0 bridgehead atoms. The molecule has 1 saturated carbocycles. The van der Waals surface area contributed by atoms with E-state index >= 15 is 0 Å². The van der Waals surface area contributed by atoms with E-state index in [1.54, 1.807) is 0 Å². The van der Waals surface area contributed by atoms with E-state index in [0.717, 1.165) is 18.0 Å². The van der Waals surface area contributed by atoms with Gasteiger partial charge in [-0.1, -0.05) is 6.92 Å². The van der Waals surface area contributed by atoms with Gasteiger partial charge in [-0.15, -0.1) is 0 Å². The Bertz CT molecular complexity index is 169. The highest BCUT2D eigenvalue weighted by molar-refractivity contribution is 4.87. The number of nitrogens with zero attached hydrogens (tertiary/aromatic N) is 1. The summed E-state index contributed by atoms with van der Waals surface area (Å²) < 4.78 is 0. The number of hydrogen-bond acceptors (Lipinski definition) is 2. The van der Waals surface area contributed by atoms with Gasteiger partial charge in [0.05, 0.1) is 0 Å². The molecule has 0 aromatic rings. The van der Waals surface area contributed by atoms with Gasteiger partial charge in [-0.3, -0.25) is 0 Å². The molecule has 0 amide bonds. The molecule has 0 aromatic carbocycles. The van der Waals surface area contributed by atoms with Crippen molar-refractivity contribution in [2.45, 2.75) is 51.6 Å². The standard InChI is InChI=1S/C12H24N2/c1-3-14-8-6-11(7-9-14)10(2)13-12-4-5-12/h10-13H,3-9H2,1-2H3. The van der Waals surface area contributed by atoms with Crippen molar-refractivity contribution in [1.29, 1.82) is 0 Å². The smallest absolute Gasteiger partial charge is 0.00708 e. The zero-order chi connectivity index (χ0) is 9.97. The number of piperidine rings is 1. The van der Waals surface area contributed by atoms with Crippen LogP contribution in [0.3, 0.4) is 0 Å². The molecule has 1 aliphatic carbocycles. The van der Waals surface area contributed by atoms with Crippen LogP contribution in [0.25, 0.3) is 0 Å². The van der Waals surface area contributed by atoms with Gasteiger partial charge in [0, 0.05) is 12.1 Å². The Morgan fingerprint density at radius 2 is 1.86 bits per heavy atom. The van der Waals surface area contributed by atoms with E-state index in [0.29, 0.717) is 0 Å². The van der Waals surface area contributed by atoms with Gasteiger partial charge in [0.25, 0.3) is 0 Å². The summed E-state index contributed by atoms with van der Waals surface area (Å²) in [7, 11) is 0. The lowest BCUT2D eigenvalue weighted by molar-refractivity contribution is 0.168. The van der Waals surface area contributed by atoms with Gasteiger partial charge in [-0.2, -0.15) is 0 Å². The van der Waals surface area contributed by atoms with E-state index in [1.807, 2.05) is 0 Å². The number of likely N-dealkylation sites (tertiary alicyclic amines) is 1. The van der Waals surface area contributed by atoms with Crippen molar-refractivity contribution in [2.24, 2.45) is 5.92 Å². The molecule has 2 fully saturated rings. The normalized spacial score (nSPS) is 27.9. The van der Waals surface area contributed by atoms with Crippen LogP contribution >= 0.6 is 0 Å². The van der Waals surface area contributed by atoms with Crippen LogP contribution in [-0.2, 0) is 0 Å². The average Bonchev–Trinajstić information content (AvgIpc) is 3.02. The summed E-state index contributed by atoms with van der Waals surface area (Å²) in [6.07, 6.45) is 5.62. The SMILES string of the molecule is CCN1CCC(C(C)NC2CC2)CC1. The summed E-state index contributed by atoms with van der Waals surface area (Å²) in [6, 6.07) is 1.62. The van der Waals surface area contributed by atoms with E-state index in [9.17, 15) is 0 Å². The van der Waals surface area contributed by atoms with Crippen LogP contribution in [0, 0.1) is 5.92 Å². The predicted molar refractivity (Wildman–Crippen MR) is 60.5 cm³/mol. The second kappa shape index (κ2) is 4.63. The second-order valence-electron chi connectivity index (χ2n) is 5.00. The zero-order valence-electron chi connectivity index (χ0n) is 9.63. The third-order valence-electron chi connectivity index (χ3n) is 3.86. The van der Waals surface area contributed by atoms with E-state index in [1.165, 1.54) is 45.3 Å². The third kappa shape index (κ3) is 2.71. The molecule has 0 radical (unpaired) electrons. The molecule has 2 heteroatoms. The molecule has 14 heavy (non-hydrogen) atoms. The Kier molecular flexibility index (Phi) is 3.45. The molecule has 1 saturated heterocycles. The highest BCUT2D eigenvalue weighted by atomic mass is 15.1. The largest absolute Gasteiger partial charge is 0.311 e. The molecular formula is C12H24N2. The van der Waals surface area contributed by atoms with Gasteiger partial charge in [-0.05, 0) is 58.2 Å². The van der Waals surface area contributed by atoms with Crippen LogP contribution in [0.5, 0.6) is 0 Å². The fourth-order valence-corrected chi connectivity index (χ4v) is 2.53. The van der Waals surface area contributed by atoms with Crippen molar-refractivity contribution >= 4 is 0 Å². The number of hydrogen-bond donors (Lipinski definition) is 1. The zero-order valence-corrected chi connectivity index (χ0v) is 9.63. The van der Waals surface area contributed by atoms with Gasteiger partial charge in [0.2, 0.25) is 0 Å². The van der Waals surface area contributed by atoms with Crippen molar-refractivity contribution in [3.8, 4) is 0 Å². The minimum Gasteiger partial charge on any atom is -0.311 e. The van der Waals surface area contributed by atoms with Gasteiger partial charge in [0.1, 0.15) is 0 Å². The van der Waals surface area contributed by atoms with E-state index in [2.05, 4.69) is 24.1 Å². The first-order valence-corrected chi connectivity index (χ1v) is 6.28. The summed E-state index contributed by atoms with van der Waals surface area (Å²) in [4.78, 5) is 2.57. The van der Waals surface area contributed by atoms with Gasteiger partial charge in [-0.25, -0.2) is 0 Å². The molecule has 0 spiro atoms. The van der Waals surface area contributed by atoms with Gasteiger partial charge < -0.3 is 10.2 Å². The summed E-state index contributed by atoms with van der Waals surface area (Å²) in [5.74, 6) is 0.929. The second-order valence-corrected chi connectivity index (χ2v) is 5.00. The Balaban J connectivity index is 1.70. The fraction of sp³-hybridized carbons (Fsp3) is 1.00. The van der Waals surface area contributed by atoms with Crippen molar-refractivity contribution in [3.05, 3.63) is 0 Å². The average molecular weight is 196 g/mol. The van der Waals surface area contributed by atoms with Crippen molar-refractivity contribution in [3.63, 3.8) is 0 Å². The number of nitrogens with one attached hydrogen (secondary N) is 1. The minimum absolute atomic E-state index is 0.751. The van der Waals surface area contributed by atoms with Crippen LogP contribution in [0.15, 0.2) is 0 Å². The first-order valence-electron chi connectivity index (χ1n) is 6.28. The number of rotatable bonds is 4. The van der Waals surface area contributed by atoms with Crippen LogP contribution in [-0.4, -0.2) is 36.6 Å². The topological polar surface area (TPSA) is 15.3 Å². The Hall–Kier alpha value is -0.0800. The lowest BCUT2D eigenvalue weighted by atomic mass is 9.90. The highest BCUT2D eigenvalue weighted by Gasteiger charge is 2.28. The first-order chi connectivity index (χ1) is 6.79. The Morgan fingerprint density at radius 1 is 1.21 bits per heavy atom. The molecule has 1 heterocycles.